The number of hydrogen-bond donors (Lipinski definition) is 1. The van der Waals surface area contributed by atoms with Crippen LogP contribution in [0.1, 0.15) is 43.8 Å². The summed E-state index contributed by atoms with van der Waals surface area (Å²) in [6.07, 6.45) is 10.7. The first kappa shape index (κ1) is 12.7. The third-order valence-corrected chi connectivity index (χ3v) is 4.06. The molecule has 2 aliphatic rings. The highest BCUT2D eigenvalue weighted by atomic mass is 16.5. The third kappa shape index (κ3) is 2.97. The zero-order chi connectivity index (χ0) is 13.1. The maximum atomic E-state index is 11.6. The lowest BCUT2D eigenvalue weighted by Gasteiger charge is -2.23. The molecule has 1 atom stereocenters. The summed E-state index contributed by atoms with van der Waals surface area (Å²) in [7, 11) is 0. The van der Waals surface area contributed by atoms with Gasteiger partial charge in [0.05, 0.1) is 18.6 Å². The largest absolute Gasteiger partial charge is 0.366 e. The highest BCUT2D eigenvalue weighted by Gasteiger charge is 2.24. The van der Waals surface area contributed by atoms with Crippen LogP contribution in [0.2, 0.25) is 0 Å². The highest BCUT2D eigenvalue weighted by Crippen LogP contribution is 2.28. The minimum absolute atomic E-state index is 0.0153. The molecule has 5 heteroatoms. The van der Waals surface area contributed by atoms with Gasteiger partial charge in [-0.3, -0.25) is 4.79 Å². The molecule has 1 amide bonds. The Morgan fingerprint density at radius 2 is 2.21 bits per heavy atom. The minimum Gasteiger partial charge on any atom is -0.366 e. The number of nitrogens with zero attached hydrogens (tertiary/aromatic N) is 2. The smallest absolute Gasteiger partial charge is 0.249 e. The average molecular weight is 263 g/mol. The second-order valence-corrected chi connectivity index (χ2v) is 5.46. The number of carbonyl (C=O) groups is 1. The van der Waals surface area contributed by atoms with E-state index in [1.54, 1.807) is 0 Å². The molecule has 1 aliphatic carbocycles. The fraction of sp³-hybridized carbons (Fsp3) is 0.714. The van der Waals surface area contributed by atoms with Crippen LogP contribution in [0.4, 0.5) is 0 Å². The van der Waals surface area contributed by atoms with E-state index in [-0.39, 0.29) is 12.0 Å². The van der Waals surface area contributed by atoms with Gasteiger partial charge >= 0.3 is 0 Å². The second-order valence-electron chi connectivity index (χ2n) is 5.46. The van der Waals surface area contributed by atoms with Crippen molar-refractivity contribution in [3.8, 4) is 0 Å². The molecule has 1 unspecified atom stereocenters. The molecule has 0 radical (unpaired) electrons. The lowest BCUT2D eigenvalue weighted by atomic mass is 9.95. The first-order chi connectivity index (χ1) is 9.33. The molecule has 19 heavy (non-hydrogen) atoms. The standard InChI is InChI=1S/C14H21N3O2/c18-14-13(19-7-6-15-14)8-11-9-17(10-16-11)12-4-2-1-3-5-12/h9-10,12-13H,1-8H2,(H,15,18). The number of hydrogen-bond acceptors (Lipinski definition) is 3. The van der Waals surface area contributed by atoms with Gasteiger partial charge in [-0.25, -0.2) is 4.98 Å². The van der Waals surface area contributed by atoms with Crippen LogP contribution in [0.5, 0.6) is 0 Å². The number of carbonyl (C=O) groups excluding carboxylic acids is 1. The summed E-state index contributed by atoms with van der Waals surface area (Å²) in [4.78, 5) is 16.1. The lowest BCUT2D eigenvalue weighted by Crippen LogP contribution is -2.45. The molecular formula is C14H21N3O2. The molecular weight excluding hydrogens is 242 g/mol. The number of ether oxygens (including phenoxy) is 1. The summed E-state index contributed by atoms with van der Waals surface area (Å²) in [6, 6.07) is 0.594. The molecule has 1 N–H and O–H groups in total. The molecule has 1 aromatic rings. The van der Waals surface area contributed by atoms with E-state index in [1.165, 1.54) is 32.1 Å². The monoisotopic (exact) mass is 263 g/mol. The van der Waals surface area contributed by atoms with Gasteiger partial charge in [0.25, 0.3) is 0 Å². The molecule has 5 nitrogen and oxygen atoms in total. The van der Waals surface area contributed by atoms with Crippen LogP contribution in [-0.2, 0) is 16.0 Å². The maximum Gasteiger partial charge on any atom is 0.249 e. The Hall–Kier alpha value is -1.36. The van der Waals surface area contributed by atoms with Crippen molar-refractivity contribution in [2.24, 2.45) is 0 Å². The maximum absolute atomic E-state index is 11.6. The molecule has 0 aromatic carbocycles. The highest BCUT2D eigenvalue weighted by molar-refractivity contribution is 5.81. The van der Waals surface area contributed by atoms with Crippen LogP contribution in [0, 0.1) is 0 Å². The van der Waals surface area contributed by atoms with E-state index in [1.807, 2.05) is 6.33 Å². The number of amides is 1. The molecule has 3 rings (SSSR count). The average Bonchev–Trinajstić information content (AvgIpc) is 2.91. The van der Waals surface area contributed by atoms with Gasteiger partial charge in [0, 0.05) is 25.2 Å². The van der Waals surface area contributed by atoms with Crippen LogP contribution < -0.4 is 5.32 Å². The quantitative estimate of drug-likeness (QED) is 0.898. The number of morpholine rings is 1. The zero-order valence-corrected chi connectivity index (χ0v) is 11.2. The van der Waals surface area contributed by atoms with Gasteiger partial charge in [-0.1, -0.05) is 19.3 Å². The number of imidazole rings is 1. The van der Waals surface area contributed by atoms with Crippen molar-refractivity contribution in [1.29, 1.82) is 0 Å². The van der Waals surface area contributed by atoms with Gasteiger partial charge < -0.3 is 14.6 Å². The number of rotatable bonds is 3. The van der Waals surface area contributed by atoms with Crippen molar-refractivity contribution in [3.05, 3.63) is 18.2 Å². The Balaban J connectivity index is 1.62. The van der Waals surface area contributed by atoms with Crippen LogP contribution in [0.15, 0.2) is 12.5 Å². The zero-order valence-electron chi connectivity index (χ0n) is 11.2. The Labute approximate surface area is 113 Å². The molecule has 1 aliphatic heterocycles. The van der Waals surface area contributed by atoms with Crippen LogP contribution in [0.3, 0.4) is 0 Å². The SMILES string of the molecule is O=C1NCCOC1Cc1cn(C2CCCCC2)cn1. The van der Waals surface area contributed by atoms with E-state index in [9.17, 15) is 4.79 Å². The van der Waals surface area contributed by atoms with Gasteiger partial charge in [-0.15, -0.1) is 0 Å². The van der Waals surface area contributed by atoms with Crippen molar-refractivity contribution >= 4 is 5.91 Å². The molecule has 2 fully saturated rings. The molecule has 1 saturated heterocycles. The van der Waals surface area contributed by atoms with E-state index < -0.39 is 0 Å². The van der Waals surface area contributed by atoms with Crippen molar-refractivity contribution in [3.63, 3.8) is 0 Å². The fourth-order valence-electron chi connectivity index (χ4n) is 2.97. The van der Waals surface area contributed by atoms with Gasteiger partial charge in [0.2, 0.25) is 5.91 Å². The summed E-state index contributed by atoms with van der Waals surface area (Å²) < 4.78 is 7.71. The first-order valence-electron chi connectivity index (χ1n) is 7.24. The Kier molecular flexibility index (Phi) is 3.82. The summed E-state index contributed by atoms with van der Waals surface area (Å²) >= 11 is 0. The Morgan fingerprint density at radius 1 is 1.37 bits per heavy atom. The number of nitrogens with one attached hydrogen (secondary N) is 1. The normalized spacial score (nSPS) is 25.3. The molecule has 0 bridgehead atoms. The van der Waals surface area contributed by atoms with Crippen molar-refractivity contribution in [2.45, 2.75) is 50.7 Å². The summed E-state index contributed by atoms with van der Waals surface area (Å²) in [5.74, 6) is -0.0153. The summed E-state index contributed by atoms with van der Waals surface area (Å²) in [5.41, 5.74) is 0.952. The van der Waals surface area contributed by atoms with Crippen molar-refractivity contribution in [2.75, 3.05) is 13.2 Å². The molecule has 104 valence electrons. The topological polar surface area (TPSA) is 56.1 Å². The van der Waals surface area contributed by atoms with E-state index >= 15 is 0 Å². The van der Waals surface area contributed by atoms with Crippen molar-refractivity contribution < 1.29 is 9.53 Å². The fourth-order valence-corrected chi connectivity index (χ4v) is 2.97. The Morgan fingerprint density at radius 3 is 3.00 bits per heavy atom. The van der Waals surface area contributed by atoms with Crippen molar-refractivity contribution in [1.82, 2.24) is 14.9 Å². The van der Waals surface area contributed by atoms with Gasteiger partial charge in [0.1, 0.15) is 6.10 Å². The molecule has 2 heterocycles. The predicted molar refractivity (Wildman–Crippen MR) is 70.8 cm³/mol. The minimum atomic E-state index is -0.372. The van der Waals surface area contributed by atoms with E-state index in [0.717, 1.165) is 5.69 Å². The number of aromatic nitrogens is 2. The van der Waals surface area contributed by atoms with E-state index in [2.05, 4.69) is 21.1 Å². The molecule has 1 aromatic heterocycles. The first-order valence-corrected chi connectivity index (χ1v) is 7.24. The lowest BCUT2D eigenvalue weighted by molar-refractivity contribution is -0.137. The Bertz CT molecular complexity index is 438. The van der Waals surface area contributed by atoms with Gasteiger partial charge in [0.15, 0.2) is 0 Å². The molecule has 1 saturated carbocycles. The van der Waals surface area contributed by atoms with Crippen LogP contribution in [-0.4, -0.2) is 34.7 Å². The summed E-state index contributed by atoms with van der Waals surface area (Å²) in [5, 5.41) is 2.82. The van der Waals surface area contributed by atoms with Gasteiger partial charge in [-0.2, -0.15) is 0 Å². The predicted octanol–water partition coefficient (Wildman–Crippen LogP) is 1.45. The second kappa shape index (κ2) is 5.74. The van der Waals surface area contributed by atoms with E-state index in [4.69, 9.17) is 4.74 Å². The summed E-state index contributed by atoms with van der Waals surface area (Å²) in [6.45, 7) is 1.21. The van der Waals surface area contributed by atoms with Gasteiger partial charge in [-0.05, 0) is 12.8 Å². The third-order valence-electron chi connectivity index (χ3n) is 4.06. The van der Waals surface area contributed by atoms with Crippen LogP contribution in [0.25, 0.3) is 0 Å². The molecule has 0 spiro atoms. The van der Waals surface area contributed by atoms with Crippen LogP contribution >= 0.6 is 0 Å². The van der Waals surface area contributed by atoms with E-state index in [0.29, 0.717) is 25.6 Å².